The maximum atomic E-state index is 9.43. The SMILES string of the molecule is CCC1CC(O)(CO)CO1. The summed E-state index contributed by atoms with van der Waals surface area (Å²) < 4.78 is 5.20. The van der Waals surface area contributed by atoms with Crippen LogP contribution in [0.5, 0.6) is 0 Å². The molecule has 2 N–H and O–H groups in total. The Hall–Kier alpha value is -0.120. The van der Waals surface area contributed by atoms with E-state index in [1.165, 1.54) is 0 Å². The summed E-state index contributed by atoms with van der Waals surface area (Å²) in [4.78, 5) is 0. The normalized spacial score (nSPS) is 40.5. The van der Waals surface area contributed by atoms with Gasteiger partial charge in [0.15, 0.2) is 0 Å². The van der Waals surface area contributed by atoms with Gasteiger partial charge in [-0.05, 0) is 6.42 Å². The molecule has 0 aromatic heterocycles. The van der Waals surface area contributed by atoms with E-state index in [0.29, 0.717) is 6.42 Å². The van der Waals surface area contributed by atoms with Gasteiger partial charge in [0, 0.05) is 6.42 Å². The lowest BCUT2D eigenvalue weighted by atomic mass is 10.0. The third-order valence-electron chi connectivity index (χ3n) is 1.95. The lowest BCUT2D eigenvalue weighted by Crippen LogP contribution is -2.33. The average Bonchev–Trinajstić information content (AvgIpc) is 2.33. The van der Waals surface area contributed by atoms with E-state index in [9.17, 15) is 5.11 Å². The third kappa shape index (κ3) is 1.48. The van der Waals surface area contributed by atoms with Gasteiger partial charge in [-0.15, -0.1) is 0 Å². The van der Waals surface area contributed by atoms with Gasteiger partial charge < -0.3 is 14.9 Å². The molecule has 0 saturated carbocycles. The monoisotopic (exact) mass is 146 g/mol. The predicted molar refractivity (Wildman–Crippen MR) is 36.7 cm³/mol. The van der Waals surface area contributed by atoms with E-state index in [2.05, 4.69) is 0 Å². The summed E-state index contributed by atoms with van der Waals surface area (Å²) >= 11 is 0. The topological polar surface area (TPSA) is 49.7 Å². The first-order valence-electron chi connectivity index (χ1n) is 3.65. The molecule has 1 heterocycles. The standard InChI is InChI=1S/C7H14O3/c1-2-6-3-7(9,4-8)5-10-6/h6,8-9H,2-5H2,1H3. The van der Waals surface area contributed by atoms with E-state index in [4.69, 9.17) is 9.84 Å². The predicted octanol–water partition coefficient (Wildman–Crippen LogP) is -0.0913. The largest absolute Gasteiger partial charge is 0.393 e. The van der Waals surface area contributed by atoms with Gasteiger partial charge in [-0.3, -0.25) is 0 Å². The van der Waals surface area contributed by atoms with Crippen molar-refractivity contribution in [2.24, 2.45) is 0 Å². The molecular weight excluding hydrogens is 132 g/mol. The summed E-state index contributed by atoms with van der Waals surface area (Å²) in [5.41, 5.74) is -0.958. The molecule has 3 nitrogen and oxygen atoms in total. The first-order valence-corrected chi connectivity index (χ1v) is 3.65. The van der Waals surface area contributed by atoms with Gasteiger partial charge in [-0.25, -0.2) is 0 Å². The molecule has 0 radical (unpaired) electrons. The Balaban J connectivity index is 2.41. The molecule has 0 spiro atoms. The van der Waals surface area contributed by atoms with Crippen LogP contribution in [-0.2, 0) is 4.74 Å². The van der Waals surface area contributed by atoms with Crippen LogP contribution in [0.3, 0.4) is 0 Å². The molecule has 1 aliphatic rings. The van der Waals surface area contributed by atoms with Crippen molar-refractivity contribution in [2.75, 3.05) is 13.2 Å². The van der Waals surface area contributed by atoms with Crippen LogP contribution in [0.2, 0.25) is 0 Å². The number of hydrogen-bond acceptors (Lipinski definition) is 3. The fourth-order valence-electron chi connectivity index (χ4n) is 1.19. The fraction of sp³-hybridized carbons (Fsp3) is 1.00. The summed E-state index contributed by atoms with van der Waals surface area (Å²) in [6, 6.07) is 0. The Kier molecular flexibility index (Phi) is 2.28. The maximum absolute atomic E-state index is 9.43. The zero-order chi connectivity index (χ0) is 7.61. The molecule has 1 aliphatic heterocycles. The van der Waals surface area contributed by atoms with Gasteiger partial charge in [0.2, 0.25) is 0 Å². The molecule has 0 amide bonds. The van der Waals surface area contributed by atoms with Crippen LogP contribution in [-0.4, -0.2) is 35.1 Å². The van der Waals surface area contributed by atoms with Crippen LogP contribution in [0.1, 0.15) is 19.8 Å². The summed E-state index contributed by atoms with van der Waals surface area (Å²) in [7, 11) is 0. The maximum Gasteiger partial charge on any atom is 0.113 e. The first-order chi connectivity index (χ1) is 4.70. The van der Waals surface area contributed by atoms with Gasteiger partial charge >= 0.3 is 0 Å². The van der Waals surface area contributed by atoms with Gasteiger partial charge in [0.25, 0.3) is 0 Å². The Labute approximate surface area is 60.6 Å². The molecule has 10 heavy (non-hydrogen) atoms. The molecule has 3 heteroatoms. The molecule has 60 valence electrons. The van der Waals surface area contributed by atoms with Gasteiger partial charge in [0.05, 0.1) is 19.3 Å². The van der Waals surface area contributed by atoms with Crippen molar-refractivity contribution in [1.29, 1.82) is 0 Å². The number of aliphatic hydroxyl groups excluding tert-OH is 1. The van der Waals surface area contributed by atoms with Crippen LogP contribution in [0.4, 0.5) is 0 Å². The van der Waals surface area contributed by atoms with E-state index >= 15 is 0 Å². The second kappa shape index (κ2) is 2.86. The Morgan fingerprint density at radius 2 is 2.40 bits per heavy atom. The zero-order valence-electron chi connectivity index (χ0n) is 6.21. The van der Waals surface area contributed by atoms with Crippen LogP contribution >= 0.6 is 0 Å². The number of aliphatic hydroxyl groups is 2. The molecule has 0 aromatic rings. The second-order valence-corrected chi connectivity index (χ2v) is 2.93. The highest BCUT2D eigenvalue weighted by Gasteiger charge is 2.36. The van der Waals surface area contributed by atoms with Crippen molar-refractivity contribution in [3.63, 3.8) is 0 Å². The smallest absolute Gasteiger partial charge is 0.113 e. The molecule has 1 rings (SSSR count). The Morgan fingerprint density at radius 1 is 1.70 bits per heavy atom. The van der Waals surface area contributed by atoms with Crippen LogP contribution in [0.15, 0.2) is 0 Å². The summed E-state index contributed by atoms with van der Waals surface area (Å²) in [6.45, 7) is 2.10. The number of hydrogen-bond donors (Lipinski definition) is 2. The minimum Gasteiger partial charge on any atom is -0.393 e. The van der Waals surface area contributed by atoms with Crippen molar-refractivity contribution in [1.82, 2.24) is 0 Å². The van der Waals surface area contributed by atoms with E-state index in [1.54, 1.807) is 0 Å². The van der Waals surface area contributed by atoms with Crippen LogP contribution < -0.4 is 0 Å². The molecular formula is C7H14O3. The molecule has 1 saturated heterocycles. The quantitative estimate of drug-likeness (QED) is 0.572. The lowest BCUT2D eigenvalue weighted by molar-refractivity contribution is -0.0215. The highest BCUT2D eigenvalue weighted by Crippen LogP contribution is 2.24. The van der Waals surface area contributed by atoms with Crippen molar-refractivity contribution in [3.8, 4) is 0 Å². The van der Waals surface area contributed by atoms with Gasteiger partial charge in [0.1, 0.15) is 5.60 Å². The van der Waals surface area contributed by atoms with Crippen molar-refractivity contribution >= 4 is 0 Å². The zero-order valence-corrected chi connectivity index (χ0v) is 6.21. The molecule has 0 aliphatic carbocycles. The Bertz CT molecular complexity index is 115. The second-order valence-electron chi connectivity index (χ2n) is 2.93. The molecule has 2 atom stereocenters. The summed E-state index contributed by atoms with van der Waals surface area (Å²) in [5, 5.41) is 18.1. The minimum absolute atomic E-state index is 0.136. The minimum atomic E-state index is -0.958. The van der Waals surface area contributed by atoms with E-state index in [-0.39, 0.29) is 19.3 Å². The highest BCUT2D eigenvalue weighted by atomic mass is 16.5. The molecule has 1 fully saturated rings. The van der Waals surface area contributed by atoms with Crippen LogP contribution in [0, 0.1) is 0 Å². The van der Waals surface area contributed by atoms with Crippen molar-refractivity contribution in [3.05, 3.63) is 0 Å². The summed E-state index contributed by atoms with van der Waals surface area (Å²) in [5.74, 6) is 0. The third-order valence-corrected chi connectivity index (χ3v) is 1.95. The summed E-state index contributed by atoms with van der Waals surface area (Å²) in [6.07, 6.45) is 1.61. The van der Waals surface area contributed by atoms with E-state index in [0.717, 1.165) is 6.42 Å². The van der Waals surface area contributed by atoms with Gasteiger partial charge in [-0.1, -0.05) is 6.92 Å². The first kappa shape index (κ1) is 7.98. The van der Waals surface area contributed by atoms with Gasteiger partial charge in [-0.2, -0.15) is 0 Å². The van der Waals surface area contributed by atoms with Crippen molar-refractivity contribution in [2.45, 2.75) is 31.5 Å². The number of ether oxygens (including phenoxy) is 1. The highest BCUT2D eigenvalue weighted by molar-refractivity contribution is 4.86. The van der Waals surface area contributed by atoms with Crippen LogP contribution in [0.25, 0.3) is 0 Å². The van der Waals surface area contributed by atoms with Crippen molar-refractivity contribution < 1.29 is 14.9 Å². The van der Waals surface area contributed by atoms with E-state index in [1.807, 2.05) is 6.92 Å². The average molecular weight is 146 g/mol. The fourth-order valence-corrected chi connectivity index (χ4v) is 1.19. The number of rotatable bonds is 2. The Morgan fingerprint density at radius 3 is 2.70 bits per heavy atom. The molecule has 2 unspecified atom stereocenters. The lowest BCUT2D eigenvalue weighted by Gasteiger charge is -2.15. The molecule has 0 aromatic carbocycles. The molecule has 0 bridgehead atoms. The van der Waals surface area contributed by atoms with E-state index < -0.39 is 5.60 Å².